The number of Topliss-reactive ketones (excluding diaryl/α,β-unsaturated/α-hetero) is 1. The van der Waals surface area contributed by atoms with Gasteiger partial charge in [0.1, 0.15) is 6.17 Å². The van der Waals surface area contributed by atoms with Crippen LogP contribution in [0.4, 0.5) is 8.78 Å². The van der Waals surface area contributed by atoms with Crippen molar-refractivity contribution < 1.29 is 42.6 Å². The van der Waals surface area contributed by atoms with Crippen LogP contribution >= 0.6 is 0 Å². The van der Waals surface area contributed by atoms with E-state index in [2.05, 4.69) is 0 Å². The number of hydrogen-bond donors (Lipinski definition) is 1. The van der Waals surface area contributed by atoms with Gasteiger partial charge in [0.15, 0.2) is 36.4 Å². The zero-order valence-electron chi connectivity index (χ0n) is 23.6. The van der Waals surface area contributed by atoms with Crippen molar-refractivity contribution in [2.75, 3.05) is 6.61 Å². The van der Waals surface area contributed by atoms with Crippen LogP contribution in [-0.4, -0.2) is 64.8 Å². The molecule has 1 saturated heterocycles. The molecule has 3 saturated carbocycles. The van der Waals surface area contributed by atoms with E-state index in [0.29, 0.717) is 19.3 Å². The number of hydrogen-bond acceptors (Lipinski definition) is 8. The fourth-order valence-electron chi connectivity index (χ4n) is 8.63. The van der Waals surface area contributed by atoms with Crippen molar-refractivity contribution in [2.24, 2.45) is 28.6 Å². The highest BCUT2D eigenvalue weighted by Crippen LogP contribution is 2.69. The first-order chi connectivity index (χ1) is 19.4. The van der Waals surface area contributed by atoms with Gasteiger partial charge >= 0.3 is 5.97 Å². The fraction of sp³-hybridized carbons (Fsp3) is 0.645. The van der Waals surface area contributed by atoms with Crippen LogP contribution in [0.25, 0.3) is 0 Å². The quantitative estimate of drug-likeness (QED) is 0.472. The molecular weight excluding hydrogens is 536 g/mol. The first kappa shape index (κ1) is 28.4. The third kappa shape index (κ3) is 4.12. The molecule has 0 radical (unpaired) electrons. The summed E-state index contributed by atoms with van der Waals surface area (Å²) in [6.07, 6.45) is 6.73. The minimum Gasteiger partial charge on any atom is -0.454 e. The summed E-state index contributed by atoms with van der Waals surface area (Å²) in [5, 5.41) is 12.8. The molecule has 0 aromatic rings. The lowest BCUT2D eigenvalue weighted by atomic mass is 9.45. The Morgan fingerprint density at radius 2 is 2.02 bits per heavy atom. The summed E-state index contributed by atoms with van der Waals surface area (Å²) in [5.41, 5.74) is -4.14. The molecule has 0 bridgehead atoms. The summed E-state index contributed by atoms with van der Waals surface area (Å²) >= 11 is 0. The van der Waals surface area contributed by atoms with E-state index in [1.807, 2.05) is 13.8 Å². The molecule has 4 aliphatic carbocycles. The maximum atomic E-state index is 17.2. The van der Waals surface area contributed by atoms with Crippen molar-refractivity contribution in [1.29, 1.82) is 0 Å². The van der Waals surface area contributed by atoms with Gasteiger partial charge in [-0.1, -0.05) is 26.3 Å². The smallest absolute Gasteiger partial charge is 0.339 e. The van der Waals surface area contributed by atoms with Crippen molar-refractivity contribution in [1.82, 2.24) is 5.06 Å². The highest BCUT2D eigenvalue weighted by molar-refractivity contribution is 6.01. The van der Waals surface area contributed by atoms with Gasteiger partial charge in [0.25, 0.3) is 0 Å². The van der Waals surface area contributed by atoms with Crippen LogP contribution < -0.4 is 0 Å². The number of ketones is 2. The second-order valence-corrected chi connectivity index (χ2v) is 12.8. The average Bonchev–Trinajstić information content (AvgIpc) is 3.50. The fourth-order valence-corrected chi connectivity index (χ4v) is 8.63. The Morgan fingerprint density at radius 1 is 1.24 bits per heavy atom. The number of halogens is 2. The number of fused-ring (bicyclic) bond motifs is 6. The van der Waals surface area contributed by atoms with E-state index in [9.17, 15) is 19.5 Å². The van der Waals surface area contributed by atoms with Gasteiger partial charge in [-0.15, -0.1) is 0 Å². The van der Waals surface area contributed by atoms with Crippen LogP contribution in [0.2, 0.25) is 0 Å². The summed E-state index contributed by atoms with van der Waals surface area (Å²) in [6, 6.07) is 0. The number of nitrogens with zero attached hydrogens (tertiary/aromatic N) is 1. The number of rotatable bonds is 6. The second kappa shape index (κ2) is 9.95. The van der Waals surface area contributed by atoms with Crippen LogP contribution in [-0.2, 0) is 28.7 Å². The Hall–Kier alpha value is -2.69. The molecule has 8 nitrogen and oxygen atoms in total. The lowest BCUT2D eigenvalue weighted by Crippen LogP contribution is -2.68. The molecular formula is C31H37F2NO7. The van der Waals surface area contributed by atoms with Gasteiger partial charge in [0.05, 0.1) is 11.7 Å². The minimum absolute atomic E-state index is 0.00755. The summed E-state index contributed by atoms with van der Waals surface area (Å²) in [5.74, 6) is -3.17. The Bertz CT molecular complexity index is 1280. The lowest BCUT2D eigenvalue weighted by molar-refractivity contribution is -0.202. The molecule has 3 unspecified atom stereocenters. The summed E-state index contributed by atoms with van der Waals surface area (Å²) in [4.78, 5) is 44.2. The molecule has 2 aliphatic heterocycles. The van der Waals surface area contributed by atoms with Crippen LogP contribution in [0, 0.1) is 28.6 Å². The molecule has 10 heteroatoms. The van der Waals surface area contributed by atoms with Crippen LogP contribution in [0.15, 0.2) is 47.7 Å². The molecule has 2 heterocycles. The molecule has 222 valence electrons. The molecule has 0 aromatic carbocycles. The maximum absolute atomic E-state index is 17.2. The third-order valence-corrected chi connectivity index (χ3v) is 10.6. The van der Waals surface area contributed by atoms with Gasteiger partial charge in [-0.3, -0.25) is 9.59 Å². The molecule has 4 fully saturated rings. The van der Waals surface area contributed by atoms with Crippen molar-refractivity contribution in [2.45, 2.75) is 89.8 Å². The van der Waals surface area contributed by atoms with Gasteiger partial charge in [-0.05, 0) is 73.8 Å². The predicted octanol–water partition coefficient (Wildman–Crippen LogP) is 4.20. The standard InChI is InChI=1S/C31H37F2NO7/c1-4-6-26-40-27-18(7-5-12-34(27)41-26)28(38)39-16-24(36)20-9-8-19-21-14-23(32)22-13-17(35)10-11-30(22,3)31(21,33)25(37)15-29(19,20)2/h5,7,10-13,19-21,23,25-27,37H,4,6,8-9,14-16H2,1-3H3/t19-,20-,21-,23-,25-,26?,27?,29-,30-,31?/m0/s1. The topological polar surface area (TPSA) is 102 Å². The second-order valence-electron chi connectivity index (χ2n) is 12.8. The van der Waals surface area contributed by atoms with E-state index >= 15 is 8.78 Å². The first-order valence-corrected chi connectivity index (χ1v) is 14.6. The molecule has 0 amide bonds. The van der Waals surface area contributed by atoms with Gasteiger partial charge < -0.3 is 14.6 Å². The first-order valence-electron chi connectivity index (χ1n) is 14.6. The monoisotopic (exact) mass is 573 g/mol. The van der Waals surface area contributed by atoms with Crippen molar-refractivity contribution in [3.05, 3.63) is 47.7 Å². The maximum Gasteiger partial charge on any atom is 0.339 e. The number of carbonyl (C=O) groups excluding carboxylic acids is 3. The number of hydroxylamine groups is 2. The highest BCUT2D eigenvalue weighted by Gasteiger charge is 2.72. The predicted molar refractivity (Wildman–Crippen MR) is 142 cm³/mol. The number of aliphatic hydroxyl groups is 1. The number of carbonyl (C=O) groups is 3. The van der Waals surface area contributed by atoms with Crippen molar-refractivity contribution in [3.8, 4) is 0 Å². The van der Waals surface area contributed by atoms with Gasteiger partial charge in [-0.25, -0.2) is 23.5 Å². The summed E-state index contributed by atoms with van der Waals surface area (Å²) in [6.45, 7) is 4.95. The summed E-state index contributed by atoms with van der Waals surface area (Å²) in [7, 11) is 0. The zero-order valence-corrected chi connectivity index (χ0v) is 23.6. The van der Waals surface area contributed by atoms with E-state index in [0.717, 1.165) is 6.42 Å². The zero-order chi connectivity index (χ0) is 29.3. The van der Waals surface area contributed by atoms with E-state index in [-0.39, 0.29) is 41.5 Å². The Balaban J connectivity index is 1.17. The number of alkyl halides is 2. The van der Waals surface area contributed by atoms with Crippen LogP contribution in [0.5, 0.6) is 0 Å². The largest absolute Gasteiger partial charge is 0.454 e. The molecule has 6 rings (SSSR count). The third-order valence-electron chi connectivity index (χ3n) is 10.6. The van der Waals surface area contributed by atoms with E-state index in [1.54, 1.807) is 25.3 Å². The van der Waals surface area contributed by atoms with Gasteiger partial charge in [0.2, 0.25) is 0 Å². The highest BCUT2D eigenvalue weighted by atomic mass is 19.1. The molecule has 1 N–H and O–H groups in total. The van der Waals surface area contributed by atoms with Gasteiger partial charge in [0, 0.05) is 29.9 Å². The van der Waals surface area contributed by atoms with E-state index in [4.69, 9.17) is 14.3 Å². The van der Waals surface area contributed by atoms with Gasteiger partial charge in [-0.2, -0.15) is 0 Å². The number of allylic oxidation sites excluding steroid dienone is 6. The molecule has 0 aromatic heterocycles. The Labute approximate surface area is 238 Å². The lowest BCUT2D eigenvalue weighted by Gasteiger charge is -2.62. The molecule has 41 heavy (non-hydrogen) atoms. The molecule has 6 aliphatic rings. The SMILES string of the molecule is CCCC1OC2C(C(=O)OCC(=O)[C@@H]3CC[C@H]4[C@@H]5C[C@H](F)C6=CC(=O)C=C[C@]6(C)C5(F)[C@@H](O)C[C@]34C)=CC=CN2O1. The average molecular weight is 574 g/mol. The van der Waals surface area contributed by atoms with Crippen molar-refractivity contribution >= 4 is 17.5 Å². The van der Waals surface area contributed by atoms with Crippen molar-refractivity contribution in [3.63, 3.8) is 0 Å². The summed E-state index contributed by atoms with van der Waals surface area (Å²) < 4.78 is 44.0. The van der Waals surface area contributed by atoms with Crippen LogP contribution in [0.1, 0.15) is 59.3 Å². The minimum atomic E-state index is -2.18. The number of esters is 1. The van der Waals surface area contributed by atoms with E-state index < -0.39 is 65.7 Å². The van der Waals surface area contributed by atoms with Crippen LogP contribution in [0.3, 0.4) is 0 Å². The normalized spacial score (nSPS) is 44.4. The molecule has 0 spiro atoms. The Morgan fingerprint density at radius 3 is 2.78 bits per heavy atom. The van der Waals surface area contributed by atoms with E-state index in [1.165, 1.54) is 23.3 Å². The number of ether oxygens (including phenoxy) is 2. The Kier molecular flexibility index (Phi) is 6.90. The molecule has 10 atom stereocenters. The number of aliphatic hydroxyl groups excluding tert-OH is 1.